The molecule has 1 amide bonds. The fourth-order valence-electron chi connectivity index (χ4n) is 1.75. The molecule has 7 heteroatoms. The first-order valence-electron chi connectivity index (χ1n) is 6.59. The molecule has 2 aromatic rings. The van der Waals surface area contributed by atoms with Gasteiger partial charge in [0.1, 0.15) is 5.82 Å². The average Bonchev–Trinajstić information content (AvgIpc) is 2.48. The molecular formula is C16H12Cl2FNO3. The fraction of sp³-hybridized carbons (Fsp3) is 0.125. The van der Waals surface area contributed by atoms with E-state index in [1.807, 2.05) is 0 Å². The Kier molecular flexibility index (Phi) is 5.58. The van der Waals surface area contributed by atoms with Gasteiger partial charge in [-0.25, -0.2) is 9.18 Å². The highest BCUT2D eigenvalue weighted by molar-refractivity contribution is 6.35. The molecule has 120 valence electrons. The normalized spacial score (nSPS) is 11.7. The van der Waals surface area contributed by atoms with Crippen molar-refractivity contribution < 1.29 is 18.7 Å². The number of hydrogen-bond donors (Lipinski definition) is 1. The first kappa shape index (κ1) is 17.2. The van der Waals surface area contributed by atoms with Gasteiger partial charge in [0.25, 0.3) is 5.91 Å². The van der Waals surface area contributed by atoms with Gasteiger partial charge >= 0.3 is 5.97 Å². The summed E-state index contributed by atoms with van der Waals surface area (Å²) in [4.78, 5) is 23.9. The number of esters is 1. The van der Waals surface area contributed by atoms with Crippen LogP contribution < -0.4 is 5.32 Å². The largest absolute Gasteiger partial charge is 0.449 e. The highest BCUT2D eigenvalue weighted by Gasteiger charge is 2.20. The monoisotopic (exact) mass is 355 g/mol. The molecule has 2 aromatic carbocycles. The van der Waals surface area contributed by atoms with Crippen molar-refractivity contribution in [2.75, 3.05) is 5.32 Å². The Morgan fingerprint density at radius 2 is 1.74 bits per heavy atom. The van der Waals surface area contributed by atoms with E-state index in [1.165, 1.54) is 43.3 Å². The minimum absolute atomic E-state index is 0.00574. The SMILES string of the molecule is C[C@@H](OC(=O)c1cc(Cl)cc(Cl)c1)C(=O)Nc1ccccc1F. The Labute approximate surface area is 142 Å². The van der Waals surface area contributed by atoms with Crippen LogP contribution in [-0.2, 0) is 9.53 Å². The molecular weight excluding hydrogens is 344 g/mol. The van der Waals surface area contributed by atoms with Crippen LogP contribution in [0.15, 0.2) is 42.5 Å². The van der Waals surface area contributed by atoms with Gasteiger partial charge < -0.3 is 10.1 Å². The highest BCUT2D eigenvalue weighted by Crippen LogP contribution is 2.20. The van der Waals surface area contributed by atoms with Crippen molar-refractivity contribution in [2.24, 2.45) is 0 Å². The molecule has 0 aliphatic rings. The standard InChI is InChI=1S/C16H12Cl2FNO3/c1-9(15(21)20-14-5-3-2-4-13(14)19)23-16(22)10-6-11(17)8-12(18)7-10/h2-9H,1H3,(H,20,21)/t9-/m1/s1. The summed E-state index contributed by atoms with van der Waals surface area (Å²) in [5, 5.41) is 2.89. The van der Waals surface area contributed by atoms with Gasteiger partial charge in [-0.15, -0.1) is 0 Å². The van der Waals surface area contributed by atoms with Gasteiger partial charge in [0.15, 0.2) is 6.10 Å². The van der Waals surface area contributed by atoms with Crippen molar-refractivity contribution >= 4 is 40.8 Å². The number of para-hydroxylation sites is 1. The van der Waals surface area contributed by atoms with E-state index >= 15 is 0 Å². The lowest BCUT2D eigenvalue weighted by Crippen LogP contribution is -2.30. The Morgan fingerprint density at radius 3 is 2.35 bits per heavy atom. The fourth-order valence-corrected chi connectivity index (χ4v) is 2.28. The van der Waals surface area contributed by atoms with Crippen LogP contribution in [0.2, 0.25) is 10.0 Å². The van der Waals surface area contributed by atoms with Crippen LogP contribution in [0.1, 0.15) is 17.3 Å². The zero-order chi connectivity index (χ0) is 17.0. The number of hydrogen-bond acceptors (Lipinski definition) is 3. The van der Waals surface area contributed by atoms with E-state index in [0.717, 1.165) is 0 Å². The minimum Gasteiger partial charge on any atom is -0.449 e. The van der Waals surface area contributed by atoms with Crippen LogP contribution in [0.3, 0.4) is 0 Å². The van der Waals surface area contributed by atoms with E-state index in [1.54, 1.807) is 6.07 Å². The second-order valence-corrected chi connectivity index (χ2v) is 5.55. The molecule has 0 saturated heterocycles. The maximum Gasteiger partial charge on any atom is 0.339 e. The molecule has 4 nitrogen and oxygen atoms in total. The number of rotatable bonds is 4. The maximum absolute atomic E-state index is 13.5. The number of benzene rings is 2. The van der Waals surface area contributed by atoms with Crippen molar-refractivity contribution in [3.05, 3.63) is 63.9 Å². The number of amides is 1. The number of carbonyl (C=O) groups is 2. The van der Waals surface area contributed by atoms with Gasteiger partial charge in [-0.3, -0.25) is 4.79 Å². The number of nitrogens with one attached hydrogen (secondary N) is 1. The Hall–Kier alpha value is -2.11. The lowest BCUT2D eigenvalue weighted by Gasteiger charge is -2.14. The average molecular weight is 356 g/mol. The third-order valence-electron chi connectivity index (χ3n) is 2.88. The molecule has 0 aromatic heterocycles. The maximum atomic E-state index is 13.5. The molecule has 2 rings (SSSR count). The van der Waals surface area contributed by atoms with Crippen molar-refractivity contribution in [1.29, 1.82) is 0 Å². The lowest BCUT2D eigenvalue weighted by atomic mass is 10.2. The molecule has 0 spiro atoms. The van der Waals surface area contributed by atoms with Gasteiger partial charge in [0.05, 0.1) is 11.3 Å². The summed E-state index contributed by atoms with van der Waals surface area (Å²) in [7, 11) is 0. The van der Waals surface area contributed by atoms with Gasteiger partial charge in [-0.2, -0.15) is 0 Å². The molecule has 1 atom stereocenters. The van der Waals surface area contributed by atoms with Crippen LogP contribution in [0.5, 0.6) is 0 Å². The van der Waals surface area contributed by atoms with Crippen molar-refractivity contribution in [3.8, 4) is 0 Å². The summed E-state index contributed by atoms with van der Waals surface area (Å²) in [6.45, 7) is 1.38. The molecule has 0 saturated carbocycles. The summed E-state index contributed by atoms with van der Waals surface area (Å²) in [5.41, 5.74) is 0.124. The summed E-state index contributed by atoms with van der Waals surface area (Å²) in [6.07, 6.45) is -1.13. The van der Waals surface area contributed by atoms with Gasteiger partial charge in [-0.1, -0.05) is 35.3 Å². The first-order chi connectivity index (χ1) is 10.9. The molecule has 0 fully saturated rings. The zero-order valence-electron chi connectivity index (χ0n) is 12.0. The molecule has 0 radical (unpaired) electrons. The highest BCUT2D eigenvalue weighted by atomic mass is 35.5. The van der Waals surface area contributed by atoms with Crippen LogP contribution in [-0.4, -0.2) is 18.0 Å². The second kappa shape index (κ2) is 7.44. The quantitative estimate of drug-likeness (QED) is 0.831. The van der Waals surface area contributed by atoms with Crippen molar-refractivity contribution in [1.82, 2.24) is 0 Å². The van der Waals surface area contributed by atoms with Gasteiger partial charge in [0.2, 0.25) is 0 Å². The summed E-state index contributed by atoms with van der Waals surface area (Å²) in [5.74, 6) is -2.00. The Morgan fingerprint density at radius 1 is 1.13 bits per heavy atom. The number of ether oxygens (including phenoxy) is 1. The van der Waals surface area contributed by atoms with Crippen molar-refractivity contribution in [2.45, 2.75) is 13.0 Å². The van der Waals surface area contributed by atoms with Crippen LogP contribution in [0, 0.1) is 5.82 Å². The van der Waals surface area contributed by atoms with Crippen LogP contribution >= 0.6 is 23.2 Å². The van der Waals surface area contributed by atoms with E-state index in [0.29, 0.717) is 0 Å². The molecule has 1 N–H and O–H groups in total. The van der Waals surface area contributed by atoms with E-state index in [4.69, 9.17) is 27.9 Å². The van der Waals surface area contributed by atoms with Gasteiger partial charge in [-0.05, 0) is 37.3 Å². The van der Waals surface area contributed by atoms with Gasteiger partial charge in [0, 0.05) is 10.0 Å². The molecule has 0 aliphatic carbocycles. The van der Waals surface area contributed by atoms with Crippen LogP contribution in [0.25, 0.3) is 0 Å². The van der Waals surface area contributed by atoms with Crippen molar-refractivity contribution in [3.63, 3.8) is 0 Å². The van der Waals surface area contributed by atoms with E-state index in [9.17, 15) is 14.0 Å². The zero-order valence-corrected chi connectivity index (χ0v) is 13.5. The van der Waals surface area contributed by atoms with E-state index in [2.05, 4.69) is 5.32 Å². The second-order valence-electron chi connectivity index (χ2n) is 4.67. The molecule has 23 heavy (non-hydrogen) atoms. The smallest absolute Gasteiger partial charge is 0.339 e. The summed E-state index contributed by atoms with van der Waals surface area (Å²) < 4.78 is 18.5. The molecule has 0 heterocycles. The molecule has 0 bridgehead atoms. The molecule has 0 unspecified atom stereocenters. The summed E-state index contributed by atoms with van der Waals surface area (Å²) >= 11 is 11.6. The summed E-state index contributed by atoms with van der Waals surface area (Å²) in [6, 6.07) is 9.89. The predicted molar refractivity (Wildman–Crippen MR) is 86.4 cm³/mol. The third kappa shape index (κ3) is 4.68. The van der Waals surface area contributed by atoms with Crippen LogP contribution in [0.4, 0.5) is 10.1 Å². The third-order valence-corrected chi connectivity index (χ3v) is 3.32. The van der Waals surface area contributed by atoms with E-state index < -0.39 is 23.8 Å². The predicted octanol–water partition coefficient (Wildman–Crippen LogP) is 4.32. The topological polar surface area (TPSA) is 55.4 Å². The number of carbonyl (C=O) groups excluding carboxylic acids is 2. The number of halogens is 3. The Balaban J connectivity index is 2.03. The Bertz CT molecular complexity index is 732. The molecule has 0 aliphatic heterocycles. The number of anilines is 1. The van der Waals surface area contributed by atoms with E-state index in [-0.39, 0.29) is 21.3 Å². The lowest BCUT2D eigenvalue weighted by molar-refractivity contribution is -0.123. The first-order valence-corrected chi connectivity index (χ1v) is 7.35. The minimum atomic E-state index is -1.13.